The van der Waals surface area contributed by atoms with Crippen molar-refractivity contribution >= 4 is 0 Å². The van der Waals surface area contributed by atoms with Gasteiger partial charge in [0.25, 0.3) is 0 Å². The number of hydrogen-bond acceptors (Lipinski definition) is 3. The first-order valence-corrected chi connectivity index (χ1v) is 11.6. The first-order valence-electron chi connectivity index (χ1n) is 11.6. The molecular weight excluding hydrogens is 360 g/mol. The molecule has 2 saturated carbocycles. The maximum Gasteiger partial charge on any atom is 0.0811 e. The van der Waals surface area contributed by atoms with Crippen LogP contribution in [0.25, 0.3) is 0 Å². The molecule has 0 aromatic rings. The Kier molecular flexibility index (Phi) is 8.35. The molecule has 2 fully saturated rings. The Morgan fingerprint density at radius 3 is 2.59 bits per heavy atom. The summed E-state index contributed by atoms with van der Waals surface area (Å²) in [6.07, 6.45) is 13.3. The minimum absolute atomic E-state index is 0.240. The van der Waals surface area contributed by atoms with Crippen LogP contribution < -0.4 is 0 Å². The highest BCUT2D eigenvalue weighted by Crippen LogP contribution is 2.50. The van der Waals surface area contributed by atoms with E-state index < -0.39 is 17.8 Å². The maximum absolute atomic E-state index is 10.0. The molecule has 2 aliphatic rings. The van der Waals surface area contributed by atoms with E-state index in [1.807, 2.05) is 19.9 Å². The van der Waals surface area contributed by atoms with Crippen LogP contribution >= 0.6 is 0 Å². The van der Waals surface area contributed by atoms with E-state index in [4.69, 9.17) is 0 Å². The summed E-state index contributed by atoms with van der Waals surface area (Å²) in [6.45, 7) is 15.0. The fourth-order valence-corrected chi connectivity index (χ4v) is 5.56. The van der Waals surface area contributed by atoms with Gasteiger partial charge in [0.15, 0.2) is 0 Å². The van der Waals surface area contributed by atoms with Crippen LogP contribution in [-0.4, -0.2) is 33.1 Å². The molecule has 0 aromatic carbocycles. The van der Waals surface area contributed by atoms with E-state index in [2.05, 4.69) is 39.5 Å². The van der Waals surface area contributed by atoms with Gasteiger partial charge in [-0.2, -0.15) is 0 Å². The SMILES string of the molecule is C=C1/C(=C\C=C\[C@H]2CCC[C@H]([C@@H](C)CCCC(C)(C)O)C2(C)C)C[C@@H](O)C[C@@H]1O. The normalized spacial score (nSPS) is 33.4. The van der Waals surface area contributed by atoms with Crippen LogP contribution in [0.5, 0.6) is 0 Å². The second-order valence-electron chi connectivity index (χ2n) is 10.9. The van der Waals surface area contributed by atoms with Crippen molar-refractivity contribution in [1.29, 1.82) is 0 Å². The molecular formula is C26H44O3. The average Bonchev–Trinajstić information content (AvgIpc) is 2.58. The monoisotopic (exact) mass is 404 g/mol. The summed E-state index contributed by atoms with van der Waals surface area (Å²) in [5, 5.41) is 30.0. The smallest absolute Gasteiger partial charge is 0.0811 e. The molecule has 3 nitrogen and oxygen atoms in total. The van der Waals surface area contributed by atoms with Gasteiger partial charge in [-0.15, -0.1) is 0 Å². The van der Waals surface area contributed by atoms with E-state index in [0.29, 0.717) is 30.6 Å². The number of allylic oxidation sites excluding steroid dienone is 3. The van der Waals surface area contributed by atoms with Crippen LogP contribution in [0.1, 0.15) is 86.0 Å². The lowest BCUT2D eigenvalue weighted by molar-refractivity contribution is 0.0364. The van der Waals surface area contributed by atoms with Gasteiger partial charge in [-0.1, -0.05) is 64.8 Å². The number of hydrogen-bond donors (Lipinski definition) is 3. The number of aliphatic hydroxyl groups excluding tert-OH is 2. The third-order valence-corrected chi connectivity index (χ3v) is 7.48. The lowest BCUT2D eigenvalue weighted by Gasteiger charge is -2.47. The van der Waals surface area contributed by atoms with Crippen molar-refractivity contribution in [3.8, 4) is 0 Å². The highest BCUT2D eigenvalue weighted by Gasteiger charge is 2.41. The molecule has 3 N–H and O–H groups in total. The lowest BCUT2D eigenvalue weighted by Crippen LogP contribution is -2.39. The topological polar surface area (TPSA) is 60.7 Å². The second-order valence-corrected chi connectivity index (χ2v) is 10.9. The van der Waals surface area contributed by atoms with Gasteiger partial charge in [0, 0.05) is 6.42 Å². The molecule has 2 rings (SSSR count). The molecule has 166 valence electrons. The first kappa shape index (κ1) is 24.4. The largest absolute Gasteiger partial charge is 0.393 e. The zero-order valence-electron chi connectivity index (χ0n) is 19.3. The molecule has 0 bridgehead atoms. The van der Waals surface area contributed by atoms with Gasteiger partial charge in [-0.25, -0.2) is 0 Å². The van der Waals surface area contributed by atoms with E-state index >= 15 is 0 Å². The zero-order valence-corrected chi connectivity index (χ0v) is 19.3. The van der Waals surface area contributed by atoms with Crippen molar-refractivity contribution in [3.05, 3.63) is 36.0 Å². The molecule has 2 aliphatic carbocycles. The van der Waals surface area contributed by atoms with Crippen molar-refractivity contribution in [1.82, 2.24) is 0 Å². The fraction of sp³-hybridized carbons (Fsp3) is 0.769. The average molecular weight is 405 g/mol. The predicted molar refractivity (Wildman–Crippen MR) is 122 cm³/mol. The molecule has 0 radical (unpaired) electrons. The van der Waals surface area contributed by atoms with E-state index in [-0.39, 0.29) is 5.41 Å². The predicted octanol–water partition coefficient (Wildman–Crippen LogP) is 5.56. The Bertz CT molecular complexity index is 608. The van der Waals surface area contributed by atoms with E-state index in [1.54, 1.807) is 0 Å². The van der Waals surface area contributed by atoms with Crippen LogP contribution in [0.2, 0.25) is 0 Å². The van der Waals surface area contributed by atoms with Crippen LogP contribution in [0, 0.1) is 23.2 Å². The summed E-state index contributed by atoms with van der Waals surface area (Å²) in [5.74, 6) is 1.88. The van der Waals surface area contributed by atoms with Crippen LogP contribution in [0.3, 0.4) is 0 Å². The van der Waals surface area contributed by atoms with Crippen molar-refractivity contribution in [2.24, 2.45) is 23.2 Å². The number of rotatable bonds is 7. The Morgan fingerprint density at radius 1 is 1.24 bits per heavy atom. The summed E-state index contributed by atoms with van der Waals surface area (Å²) in [5.41, 5.74) is 1.40. The Hall–Kier alpha value is -0.900. The third-order valence-electron chi connectivity index (χ3n) is 7.48. The van der Waals surface area contributed by atoms with Gasteiger partial charge in [0.1, 0.15) is 0 Å². The fourth-order valence-electron chi connectivity index (χ4n) is 5.56. The molecule has 0 unspecified atom stereocenters. The maximum atomic E-state index is 10.0. The molecule has 29 heavy (non-hydrogen) atoms. The standard InChI is InChI=1S/C26H44O3/c1-18(10-9-15-25(3,4)29)23-14-8-13-21(26(23,5)6)12-7-11-20-16-22(27)17-24(28)19(20)2/h7,11-12,18,21-24,27-29H,2,8-10,13-17H2,1,3-6H3/b12-7+,20-11-/t18-,21-,22+,23+,24-/m0/s1. The molecule has 0 aliphatic heterocycles. The van der Waals surface area contributed by atoms with Crippen molar-refractivity contribution in [2.45, 2.75) is 104 Å². The first-order chi connectivity index (χ1) is 13.4. The van der Waals surface area contributed by atoms with E-state index in [1.165, 1.54) is 25.7 Å². The van der Waals surface area contributed by atoms with Crippen molar-refractivity contribution in [3.63, 3.8) is 0 Å². The van der Waals surface area contributed by atoms with E-state index in [0.717, 1.165) is 24.0 Å². The molecule has 0 amide bonds. The van der Waals surface area contributed by atoms with Crippen molar-refractivity contribution in [2.75, 3.05) is 0 Å². The van der Waals surface area contributed by atoms with Crippen LogP contribution in [0.4, 0.5) is 0 Å². The Morgan fingerprint density at radius 2 is 1.93 bits per heavy atom. The summed E-state index contributed by atoms with van der Waals surface area (Å²) < 4.78 is 0. The van der Waals surface area contributed by atoms with Gasteiger partial charge >= 0.3 is 0 Å². The molecule has 0 heterocycles. The van der Waals surface area contributed by atoms with Crippen molar-refractivity contribution < 1.29 is 15.3 Å². The van der Waals surface area contributed by atoms with Crippen LogP contribution in [-0.2, 0) is 0 Å². The van der Waals surface area contributed by atoms with Gasteiger partial charge in [0.2, 0.25) is 0 Å². The van der Waals surface area contributed by atoms with Gasteiger partial charge < -0.3 is 15.3 Å². The Labute approximate surface area is 178 Å². The highest BCUT2D eigenvalue weighted by atomic mass is 16.3. The second kappa shape index (κ2) is 9.94. The number of aliphatic hydroxyl groups is 3. The minimum Gasteiger partial charge on any atom is -0.393 e. The summed E-state index contributed by atoms with van der Waals surface area (Å²) >= 11 is 0. The Balaban J connectivity index is 2.01. The third kappa shape index (κ3) is 6.80. The zero-order chi connectivity index (χ0) is 21.8. The molecule has 5 atom stereocenters. The van der Waals surface area contributed by atoms with Gasteiger partial charge in [-0.3, -0.25) is 0 Å². The van der Waals surface area contributed by atoms with Gasteiger partial charge in [0.05, 0.1) is 17.8 Å². The molecule has 0 saturated heterocycles. The molecule has 0 spiro atoms. The quantitative estimate of drug-likeness (QED) is 0.520. The van der Waals surface area contributed by atoms with Crippen LogP contribution in [0.15, 0.2) is 36.0 Å². The summed E-state index contributed by atoms with van der Waals surface area (Å²) in [6, 6.07) is 0. The minimum atomic E-state index is -0.626. The summed E-state index contributed by atoms with van der Waals surface area (Å²) in [4.78, 5) is 0. The molecule has 0 aromatic heterocycles. The summed E-state index contributed by atoms with van der Waals surface area (Å²) in [7, 11) is 0. The van der Waals surface area contributed by atoms with Gasteiger partial charge in [-0.05, 0) is 73.8 Å². The van der Waals surface area contributed by atoms with E-state index in [9.17, 15) is 15.3 Å². The lowest BCUT2D eigenvalue weighted by atomic mass is 9.58. The highest BCUT2D eigenvalue weighted by molar-refractivity contribution is 5.37. The molecule has 3 heteroatoms.